The third-order valence-electron chi connectivity index (χ3n) is 10.8. The van der Waals surface area contributed by atoms with Gasteiger partial charge in [-0.2, -0.15) is 0 Å². The number of nitrogens with zero attached hydrogens (tertiary/aromatic N) is 3. The van der Waals surface area contributed by atoms with Crippen molar-refractivity contribution in [1.82, 2.24) is 4.98 Å². The highest BCUT2D eigenvalue weighted by Crippen LogP contribution is 2.46. The SMILES string of the molecule is COc1cccc(OC)c1/C1=C2\C=CC(=N2)/C(c2c(OC)cccc2OC)=c2/cc/c([nH]2)=C(\c2c(OC)cccc2OC)C2=NC(C)(C=C2)C2(C)C=CC1=N2. The van der Waals surface area contributed by atoms with Crippen LogP contribution in [-0.2, 0) is 0 Å². The fourth-order valence-electron chi connectivity index (χ4n) is 7.78. The highest BCUT2D eigenvalue weighted by molar-refractivity contribution is 6.36. The topological polar surface area (TPSA) is 108 Å². The van der Waals surface area contributed by atoms with Gasteiger partial charge in [0, 0.05) is 27.4 Å². The van der Waals surface area contributed by atoms with Gasteiger partial charge >= 0.3 is 0 Å². The normalized spacial score (nSPS) is 24.1. The number of aromatic nitrogens is 1. The van der Waals surface area contributed by atoms with E-state index in [1.54, 1.807) is 42.7 Å². The van der Waals surface area contributed by atoms with E-state index >= 15 is 0 Å². The van der Waals surface area contributed by atoms with Gasteiger partial charge in [0.25, 0.3) is 0 Å². The Labute approximate surface area is 319 Å². The Morgan fingerprint density at radius 1 is 0.436 bits per heavy atom. The van der Waals surface area contributed by atoms with E-state index in [2.05, 4.69) is 37.1 Å². The van der Waals surface area contributed by atoms with Crippen LogP contribution in [0.2, 0.25) is 0 Å². The van der Waals surface area contributed by atoms with Crippen LogP contribution in [0.5, 0.6) is 34.5 Å². The molecule has 0 saturated heterocycles. The van der Waals surface area contributed by atoms with Crippen molar-refractivity contribution in [3.8, 4) is 34.5 Å². The minimum absolute atomic E-state index is 0.622. The summed E-state index contributed by atoms with van der Waals surface area (Å²) in [6.07, 6.45) is 12.4. The number of aromatic amines is 1. The molecule has 10 nitrogen and oxygen atoms in total. The smallest absolute Gasteiger partial charge is 0.130 e. The zero-order chi connectivity index (χ0) is 38.5. The second-order valence-corrected chi connectivity index (χ2v) is 13.7. The summed E-state index contributed by atoms with van der Waals surface area (Å²) >= 11 is 0. The molecule has 3 aromatic carbocycles. The zero-order valence-corrected chi connectivity index (χ0v) is 32.1. The molecular formula is C45H42N4O6. The Bertz CT molecular complexity index is 2540. The average molecular weight is 735 g/mol. The highest BCUT2D eigenvalue weighted by Gasteiger charge is 2.46. The maximum atomic E-state index is 5.99. The number of nitrogens with one attached hydrogen (secondary N) is 1. The number of hydrogen-bond acceptors (Lipinski definition) is 9. The van der Waals surface area contributed by atoms with Crippen LogP contribution >= 0.6 is 0 Å². The number of rotatable bonds is 9. The van der Waals surface area contributed by atoms with Crippen molar-refractivity contribution < 1.29 is 28.4 Å². The molecule has 2 unspecified atom stereocenters. The number of ether oxygens (including phenoxy) is 6. The number of methoxy groups -OCH3 is 6. The predicted octanol–water partition coefficient (Wildman–Crippen LogP) is 6.44. The van der Waals surface area contributed by atoms with Gasteiger partial charge in [0.15, 0.2) is 0 Å². The van der Waals surface area contributed by atoms with Gasteiger partial charge in [-0.1, -0.05) is 30.4 Å². The van der Waals surface area contributed by atoms with Gasteiger partial charge in [0.1, 0.15) is 45.6 Å². The van der Waals surface area contributed by atoms with Gasteiger partial charge in [-0.05, 0) is 86.7 Å². The molecule has 8 bridgehead atoms. The number of fused-ring (bicyclic) bond motifs is 6. The molecule has 0 radical (unpaired) electrons. The predicted molar refractivity (Wildman–Crippen MR) is 217 cm³/mol. The van der Waals surface area contributed by atoms with E-state index in [0.29, 0.717) is 45.9 Å². The van der Waals surface area contributed by atoms with E-state index in [4.69, 9.17) is 43.4 Å². The van der Waals surface area contributed by atoms with Gasteiger partial charge in [-0.15, -0.1) is 0 Å². The Balaban J connectivity index is 1.57. The van der Waals surface area contributed by atoms with Crippen molar-refractivity contribution in [2.45, 2.75) is 24.9 Å². The van der Waals surface area contributed by atoms with Crippen molar-refractivity contribution in [3.05, 3.63) is 136 Å². The van der Waals surface area contributed by atoms with Crippen LogP contribution in [-0.4, -0.2) is 75.9 Å². The van der Waals surface area contributed by atoms with E-state index in [-0.39, 0.29) is 0 Å². The highest BCUT2D eigenvalue weighted by atomic mass is 16.5. The molecule has 0 aliphatic carbocycles. The number of benzene rings is 3. The van der Waals surface area contributed by atoms with E-state index in [0.717, 1.165) is 55.5 Å². The van der Waals surface area contributed by atoms with Crippen LogP contribution in [0.1, 0.15) is 30.5 Å². The lowest BCUT2D eigenvalue weighted by molar-refractivity contribution is 0.391. The molecule has 1 N–H and O–H groups in total. The monoisotopic (exact) mass is 734 g/mol. The van der Waals surface area contributed by atoms with E-state index in [1.807, 2.05) is 85.0 Å². The maximum absolute atomic E-state index is 5.99. The minimum atomic E-state index is -0.782. The van der Waals surface area contributed by atoms with Gasteiger partial charge in [-0.25, -0.2) is 4.99 Å². The summed E-state index contributed by atoms with van der Waals surface area (Å²) in [5.74, 6) is 3.78. The summed E-state index contributed by atoms with van der Waals surface area (Å²) < 4.78 is 35.9. The van der Waals surface area contributed by atoms with E-state index in [9.17, 15) is 0 Å². The number of hydrogen-bond donors (Lipinski definition) is 1. The molecule has 0 amide bonds. The molecule has 2 atom stereocenters. The molecule has 278 valence electrons. The van der Waals surface area contributed by atoms with Crippen molar-refractivity contribution in [2.75, 3.05) is 42.7 Å². The molecule has 4 aliphatic rings. The first-order valence-electron chi connectivity index (χ1n) is 17.9. The second-order valence-electron chi connectivity index (χ2n) is 13.7. The molecule has 5 heterocycles. The summed E-state index contributed by atoms with van der Waals surface area (Å²) in [5.41, 5.74) is 5.83. The van der Waals surface area contributed by atoms with Gasteiger partial charge in [0.2, 0.25) is 0 Å². The molecule has 8 rings (SSSR count). The lowest BCUT2D eigenvalue weighted by Gasteiger charge is -2.34. The Kier molecular flexibility index (Phi) is 8.84. The molecular weight excluding hydrogens is 693 g/mol. The quantitative estimate of drug-likeness (QED) is 0.212. The van der Waals surface area contributed by atoms with Crippen molar-refractivity contribution in [1.29, 1.82) is 0 Å². The summed E-state index contributed by atoms with van der Waals surface area (Å²) in [5, 5.41) is 1.57. The van der Waals surface area contributed by atoms with Crippen LogP contribution in [0.25, 0.3) is 16.7 Å². The van der Waals surface area contributed by atoms with E-state index < -0.39 is 11.1 Å². The third kappa shape index (κ3) is 5.59. The lowest BCUT2D eigenvalue weighted by Crippen LogP contribution is -2.42. The summed E-state index contributed by atoms with van der Waals surface area (Å²) in [7, 11) is 9.92. The fraction of sp³-hybridized carbons (Fsp3) is 0.222. The Morgan fingerprint density at radius 2 is 0.800 bits per heavy atom. The number of H-pyrrole nitrogens is 1. The molecule has 1 aromatic heterocycles. The van der Waals surface area contributed by atoms with Crippen LogP contribution in [0.3, 0.4) is 0 Å². The van der Waals surface area contributed by atoms with Crippen LogP contribution in [0.4, 0.5) is 0 Å². The number of aliphatic imine (C=N–C) groups is 3. The molecule has 4 aliphatic heterocycles. The largest absolute Gasteiger partial charge is 0.496 e. The molecule has 0 spiro atoms. The first-order chi connectivity index (χ1) is 26.7. The molecule has 0 fully saturated rings. The van der Waals surface area contributed by atoms with Crippen LogP contribution < -0.4 is 39.1 Å². The standard InChI is InChI=1S/C45H42N4O6/c1-44-24-22-30(48-44)39(42-34(52-5)14-10-15-35(42)53-6)28-20-18-26(46-28)38(41-32(50-3)12-9-13-33(41)51-4)27-19-21-29(47-27)40(31-23-25-45(44,2)49-31)43-36(54-7)16-11-17-37(43)55-8/h9-25,46H,1-8H3/b38-26+,39-28+,40-29+. The first kappa shape index (κ1) is 35.5. The minimum Gasteiger partial charge on any atom is -0.496 e. The van der Waals surface area contributed by atoms with Crippen molar-refractivity contribution in [3.63, 3.8) is 0 Å². The van der Waals surface area contributed by atoms with Crippen LogP contribution in [0, 0.1) is 0 Å². The molecule has 10 heteroatoms. The van der Waals surface area contributed by atoms with Crippen molar-refractivity contribution >= 4 is 33.9 Å². The van der Waals surface area contributed by atoms with E-state index in [1.165, 1.54) is 0 Å². The summed E-state index contributed by atoms with van der Waals surface area (Å²) in [6.45, 7) is 4.20. The number of allylic oxidation sites excluding steroid dienone is 5. The zero-order valence-electron chi connectivity index (χ0n) is 32.1. The van der Waals surface area contributed by atoms with Crippen LogP contribution in [0.15, 0.2) is 124 Å². The first-order valence-corrected chi connectivity index (χ1v) is 17.9. The van der Waals surface area contributed by atoms with Gasteiger partial charge < -0.3 is 33.4 Å². The second kappa shape index (κ2) is 13.7. The summed E-state index contributed by atoms with van der Waals surface area (Å²) in [4.78, 5) is 20.1. The molecule has 0 saturated carbocycles. The molecule has 55 heavy (non-hydrogen) atoms. The average Bonchev–Trinajstić information content (AvgIpc) is 4.04. The summed E-state index contributed by atoms with van der Waals surface area (Å²) in [6, 6.07) is 21.3. The van der Waals surface area contributed by atoms with Gasteiger partial charge in [-0.3, -0.25) is 9.98 Å². The molecule has 4 aromatic rings. The fourth-order valence-corrected chi connectivity index (χ4v) is 7.78. The van der Waals surface area contributed by atoms with Crippen molar-refractivity contribution in [2.24, 2.45) is 15.0 Å². The van der Waals surface area contributed by atoms with Gasteiger partial charge in [0.05, 0.1) is 82.2 Å². The lowest BCUT2D eigenvalue weighted by atomic mass is 9.81. The maximum Gasteiger partial charge on any atom is 0.130 e. The Hall–Kier alpha value is -6.55. The Morgan fingerprint density at radius 3 is 1.20 bits per heavy atom. The third-order valence-corrected chi connectivity index (χ3v) is 10.8.